The smallest absolute Gasteiger partial charge is 0.251 e. The summed E-state index contributed by atoms with van der Waals surface area (Å²) < 4.78 is 0. The number of nitriles is 1. The van der Waals surface area contributed by atoms with Gasteiger partial charge in [-0.05, 0) is 63.3 Å². The van der Waals surface area contributed by atoms with Crippen molar-refractivity contribution in [2.45, 2.75) is 18.9 Å². The lowest BCUT2D eigenvalue weighted by atomic mass is 10.0. The number of amides is 1. The maximum Gasteiger partial charge on any atom is 0.251 e. The SMILES string of the molecule is CN1CCC(NC(=O)c2cccc(Nc3nccc(-c4cnc(N)c(C#N)c4)n3)c2)CC1. The van der Waals surface area contributed by atoms with Gasteiger partial charge in [-0.3, -0.25) is 4.79 Å². The first-order valence-electron chi connectivity index (χ1n) is 10.4. The maximum absolute atomic E-state index is 12.7. The Hall–Kier alpha value is -4.03. The third kappa shape index (κ3) is 4.99. The monoisotopic (exact) mass is 428 g/mol. The third-order valence-corrected chi connectivity index (χ3v) is 5.42. The van der Waals surface area contributed by atoms with Crippen molar-refractivity contribution in [3.05, 3.63) is 59.9 Å². The minimum atomic E-state index is -0.0881. The van der Waals surface area contributed by atoms with Crippen LogP contribution in [0.25, 0.3) is 11.3 Å². The van der Waals surface area contributed by atoms with Crippen LogP contribution >= 0.6 is 0 Å². The van der Waals surface area contributed by atoms with Gasteiger partial charge in [0.1, 0.15) is 11.9 Å². The molecule has 1 fully saturated rings. The van der Waals surface area contributed by atoms with Gasteiger partial charge in [0.15, 0.2) is 0 Å². The summed E-state index contributed by atoms with van der Waals surface area (Å²) in [4.78, 5) is 27.8. The molecule has 9 heteroatoms. The Bertz CT molecular complexity index is 1160. The van der Waals surface area contributed by atoms with E-state index in [0.717, 1.165) is 25.9 Å². The molecule has 2 aromatic heterocycles. The van der Waals surface area contributed by atoms with Gasteiger partial charge in [-0.2, -0.15) is 5.26 Å². The van der Waals surface area contributed by atoms with Crippen molar-refractivity contribution in [1.82, 2.24) is 25.2 Å². The summed E-state index contributed by atoms with van der Waals surface area (Å²) in [6.45, 7) is 1.97. The normalized spacial score (nSPS) is 14.5. The van der Waals surface area contributed by atoms with E-state index in [2.05, 4.69) is 37.5 Å². The van der Waals surface area contributed by atoms with Crippen LogP contribution in [0, 0.1) is 11.3 Å². The quantitative estimate of drug-likeness (QED) is 0.565. The summed E-state index contributed by atoms with van der Waals surface area (Å²) in [5.41, 5.74) is 8.53. The minimum Gasteiger partial charge on any atom is -0.383 e. The molecule has 1 aliphatic heterocycles. The van der Waals surface area contributed by atoms with E-state index in [0.29, 0.717) is 34.0 Å². The van der Waals surface area contributed by atoms with E-state index in [1.807, 2.05) is 18.2 Å². The van der Waals surface area contributed by atoms with Gasteiger partial charge in [-0.1, -0.05) is 6.07 Å². The average molecular weight is 429 g/mol. The number of nitrogen functional groups attached to an aromatic ring is 1. The Kier molecular flexibility index (Phi) is 6.24. The summed E-state index contributed by atoms with van der Waals surface area (Å²) in [6.07, 6.45) is 5.09. The Balaban J connectivity index is 1.47. The molecule has 1 amide bonds. The molecule has 1 aromatic carbocycles. The lowest BCUT2D eigenvalue weighted by Gasteiger charge is -2.29. The molecule has 1 aliphatic rings. The molecule has 162 valence electrons. The van der Waals surface area contributed by atoms with Gasteiger partial charge in [-0.25, -0.2) is 15.0 Å². The van der Waals surface area contributed by atoms with Gasteiger partial charge in [-0.15, -0.1) is 0 Å². The number of aromatic nitrogens is 3. The zero-order valence-corrected chi connectivity index (χ0v) is 17.7. The summed E-state index contributed by atoms with van der Waals surface area (Å²) in [6, 6.07) is 12.8. The number of nitrogens with zero attached hydrogens (tertiary/aromatic N) is 5. The van der Waals surface area contributed by atoms with E-state index < -0.39 is 0 Å². The highest BCUT2D eigenvalue weighted by atomic mass is 16.1. The van der Waals surface area contributed by atoms with Crippen molar-refractivity contribution in [2.75, 3.05) is 31.2 Å². The molecule has 0 aliphatic carbocycles. The number of piperidine rings is 1. The fraction of sp³-hybridized carbons (Fsp3) is 0.261. The zero-order valence-electron chi connectivity index (χ0n) is 17.7. The number of carbonyl (C=O) groups is 1. The van der Waals surface area contributed by atoms with Crippen LogP contribution in [0.1, 0.15) is 28.8 Å². The number of benzene rings is 1. The first-order valence-corrected chi connectivity index (χ1v) is 10.4. The molecule has 4 rings (SSSR count). The zero-order chi connectivity index (χ0) is 22.5. The minimum absolute atomic E-state index is 0.0881. The molecule has 0 saturated carbocycles. The lowest BCUT2D eigenvalue weighted by Crippen LogP contribution is -2.43. The molecule has 0 bridgehead atoms. The van der Waals surface area contributed by atoms with E-state index in [1.54, 1.807) is 36.7 Å². The summed E-state index contributed by atoms with van der Waals surface area (Å²) >= 11 is 0. The standard InChI is InChI=1S/C23H24N8O/c1-31-9-6-18(7-10-31)28-22(32)15-3-2-4-19(12-15)29-23-26-8-5-20(30-23)17-11-16(13-24)21(25)27-14-17/h2-5,8,11-12,14,18H,6-7,9-10H2,1H3,(H2,25,27)(H,28,32)(H,26,29,30). The van der Waals surface area contributed by atoms with Crippen LogP contribution in [0.2, 0.25) is 0 Å². The number of hydrogen-bond acceptors (Lipinski definition) is 8. The van der Waals surface area contributed by atoms with E-state index in [4.69, 9.17) is 5.73 Å². The van der Waals surface area contributed by atoms with Crippen molar-refractivity contribution in [2.24, 2.45) is 0 Å². The molecule has 1 saturated heterocycles. The lowest BCUT2D eigenvalue weighted by molar-refractivity contribution is 0.0917. The van der Waals surface area contributed by atoms with Crippen LogP contribution in [0.5, 0.6) is 0 Å². The Labute approximate surface area is 186 Å². The van der Waals surface area contributed by atoms with Gasteiger partial charge < -0.3 is 21.3 Å². The highest BCUT2D eigenvalue weighted by Crippen LogP contribution is 2.22. The fourth-order valence-electron chi connectivity index (χ4n) is 3.57. The largest absolute Gasteiger partial charge is 0.383 e. The van der Waals surface area contributed by atoms with Crippen molar-refractivity contribution in [1.29, 1.82) is 5.26 Å². The molecular formula is C23H24N8O. The number of pyridine rings is 1. The van der Waals surface area contributed by atoms with Gasteiger partial charge in [0.05, 0.1) is 11.3 Å². The van der Waals surface area contributed by atoms with Crippen LogP contribution in [-0.4, -0.2) is 51.9 Å². The summed E-state index contributed by atoms with van der Waals surface area (Å²) in [5.74, 6) is 0.458. The molecule has 32 heavy (non-hydrogen) atoms. The molecule has 3 heterocycles. The molecule has 3 aromatic rings. The highest BCUT2D eigenvalue weighted by Gasteiger charge is 2.19. The number of nitrogens with two attached hydrogens (primary N) is 1. The van der Waals surface area contributed by atoms with Gasteiger partial charge in [0.25, 0.3) is 5.91 Å². The van der Waals surface area contributed by atoms with Crippen molar-refractivity contribution in [3.63, 3.8) is 0 Å². The number of carbonyl (C=O) groups excluding carboxylic acids is 1. The van der Waals surface area contributed by atoms with Crippen molar-refractivity contribution < 1.29 is 4.79 Å². The molecule has 0 spiro atoms. The number of nitrogens with one attached hydrogen (secondary N) is 2. The molecule has 0 atom stereocenters. The molecule has 4 N–H and O–H groups in total. The Morgan fingerprint density at radius 3 is 2.81 bits per heavy atom. The number of anilines is 3. The Morgan fingerprint density at radius 1 is 1.22 bits per heavy atom. The second kappa shape index (κ2) is 9.41. The summed E-state index contributed by atoms with van der Waals surface area (Å²) in [7, 11) is 2.09. The van der Waals surface area contributed by atoms with E-state index in [1.165, 1.54) is 0 Å². The topological polar surface area (TPSA) is 133 Å². The fourth-order valence-corrected chi connectivity index (χ4v) is 3.57. The molecular weight excluding hydrogens is 404 g/mol. The predicted molar refractivity (Wildman–Crippen MR) is 122 cm³/mol. The second-order valence-electron chi connectivity index (χ2n) is 7.79. The molecule has 0 unspecified atom stereocenters. The van der Waals surface area contributed by atoms with E-state index in [9.17, 15) is 10.1 Å². The van der Waals surface area contributed by atoms with Crippen molar-refractivity contribution in [3.8, 4) is 17.3 Å². The predicted octanol–water partition coefficient (Wildman–Crippen LogP) is 2.56. The number of hydrogen-bond donors (Lipinski definition) is 3. The van der Waals surface area contributed by atoms with Gasteiger partial charge in [0, 0.05) is 35.2 Å². The van der Waals surface area contributed by atoms with Crippen LogP contribution in [-0.2, 0) is 0 Å². The molecule has 0 radical (unpaired) electrons. The first kappa shape index (κ1) is 21.2. The maximum atomic E-state index is 12.7. The molecule has 9 nitrogen and oxygen atoms in total. The van der Waals surface area contributed by atoms with E-state index in [-0.39, 0.29) is 17.8 Å². The second-order valence-corrected chi connectivity index (χ2v) is 7.79. The summed E-state index contributed by atoms with van der Waals surface area (Å²) in [5, 5.41) is 15.4. The number of rotatable bonds is 5. The van der Waals surface area contributed by atoms with Crippen LogP contribution < -0.4 is 16.4 Å². The van der Waals surface area contributed by atoms with Crippen LogP contribution in [0.3, 0.4) is 0 Å². The number of likely N-dealkylation sites (tertiary alicyclic amines) is 1. The average Bonchev–Trinajstić information content (AvgIpc) is 2.81. The Morgan fingerprint density at radius 2 is 2.03 bits per heavy atom. The van der Waals surface area contributed by atoms with Crippen molar-refractivity contribution >= 4 is 23.4 Å². The van der Waals surface area contributed by atoms with Crippen LogP contribution in [0.4, 0.5) is 17.5 Å². The third-order valence-electron chi connectivity index (χ3n) is 5.42. The van der Waals surface area contributed by atoms with Gasteiger partial charge >= 0.3 is 0 Å². The van der Waals surface area contributed by atoms with Crippen LogP contribution in [0.15, 0.2) is 48.8 Å². The first-order chi connectivity index (χ1) is 15.5. The van der Waals surface area contributed by atoms with Gasteiger partial charge in [0.2, 0.25) is 5.95 Å². The highest BCUT2D eigenvalue weighted by molar-refractivity contribution is 5.95. The van der Waals surface area contributed by atoms with E-state index >= 15 is 0 Å².